The molecule has 0 N–H and O–H groups in total. The maximum atomic E-state index is 13.0. The van der Waals surface area contributed by atoms with Gasteiger partial charge in [0.1, 0.15) is 0 Å². The normalized spacial score (nSPS) is 21.0. The number of hydrogen-bond donors (Lipinski definition) is 0. The minimum absolute atomic E-state index is 0.129. The van der Waals surface area contributed by atoms with Crippen molar-refractivity contribution in [2.24, 2.45) is 0 Å². The minimum atomic E-state index is -3.65. The number of likely N-dealkylation sites (tertiary alicyclic amines) is 1. The SMILES string of the molecule is Cc1ccc(C(=O)OCC(=O)N2CCCC[C@@H]2C)cc1S(=O)(=O)N1CCCCC1. The van der Waals surface area contributed by atoms with Crippen LogP contribution in [0.1, 0.15) is 61.4 Å². The van der Waals surface area contributed by atoms with E-state index in [4.69, 9.17) is 4.74 Å². The first-order chi connectivity index (χ1) is 13.8. The largest absolute Gasteiger partial charge is 0.452 e. The summed E-state index contributed by atoms with van der Waals surface area (Å²) >= 11 is 0. The monoisotopic (exact) mass is 422 g/mol. The molecule has 7 nitrogen and oxygen atoms in total. The molecule has 2 aliphatic rings. The second kappa shape index (κ2) is 9.26. The predicted octanol–water partition coefficient (Wildman–Crippen LogP) is 2.73. The summed E-state index contributed by atoms with van der Waals surface area (Å²) in [6, 6.07) is 4.67. The van der Waals surface area contributed by atoms with E-state index in [9.17, 15) is 18.0 Å². The summed E-state index contributed by atoms with van der Waals surface area (Å²) in [5.74, 6) is -0.892. The molecule has 29 heavy (non-hydrogen) atoms. The number of carbonyl (C=O) groups excluding carboxylic acids is 2. The van der Waals surface area contributed by atoms with Crippen LogP contribution in [-0.2, 0) is 19.6 Å². The molecule has 1 aromatic carbocycles. The molecule has 2 saturated heterocycles. The summed E-state index contributed by atoms with van der Waals surface area (Å²) in [7, 11) is -3.65. The van der Waals surface area contributed by atoms with Crippen molar-refractivity contribution in [1.82, 2.24) is 9.21 Å². The van der Waals surface area contributed by atoms with Gasteiger partial charge in [-0.2, -0.15) is 4.31 Å². The third kappa shape index (κ3) is 4.98. The van der Waals surface area contributed by atoms with Gasteiger partial charge in [0.05, 0.1) is 10.5 Å². The Morgan fingerprint density at radius 3 is 2.45 bits per heavy atom. The summed E-state index contributed by atoms with van der Waals surface area (Å²) in [6.45, 7) is 5.06. The molecule has 8 heteroatoms. The highest BCUT2D eigenvalue weighted by Crippen LogP contribution is 2.25. The van der Waals surface area contributed by atoms with E-state index in [1.54, 1.807) is 24.0 Å². The Hall–Kier alpha value is -1.93. The van der Waals surface area contributed by atoms with Gasteiger partial charge in [0.2, 0.25) is 10.0 Å². The highest BCUT2D eigenvalue weighted by molar-refractivity contribution is 7.89. The number of benzene rings is 1. The summed E-state index contributed by atoms with van der Waals surface area (Å²) in [5.41, 5.74) is 0.732. The van der Waals surface area contributed by atoms with E-state index in [-0.39, 0.29) is 29.0 Å². The van der Waals surface area contributed by atoms with E-state index in [1.807, 2.05) is 6.92 Å². The standard InChI is InChI=1S/C21H30N2O5S/c1-16-9-10-18(14-19(16)29(26,27)22-11-5-3-6-12-22)21(25)28-15-20(24)23-13-7-4-8-17(23)2/h9-10,14,17H,3-8,11-13,15H2,1-2H3/t17-/m0/s1. The van der Waals surface area contributed by atoms with Crippen molar-refractivity contribution in [3.63, 3.8) is 0 Å². The van der Waals surface area contributed by atoms with Gasteiger partial charge >= 0.3 is 5.97 Å². The first kappa shape index (κ1) is 21.8. The third-order valence-electron chi connectivity index (χ3n) is 5.81. The molecule has 2 aliphatic heterocycles. The molecule has 1 atom stereocenters. The van der Waals surface area contributed by atoms with Crippen molar-refractivity contribution >= 4 is 21.9 Å². The molecule has 0 spiro atoms. The Bertz CT molecular complexity index is 862. The molecule has 1 amide bonds. The van der Waals surface area contributed by atoms with Crippen LogP contribution in [0.5, 0.6) is 0 Å². The fraction of sp³-hybridized carbons (Fsp3) is 0.619. The lowest BCUT2D eigenvalue weighted by atomic mass is 10.0. The van der Waals surface area contributed by atoms with Crippen molar-refractivity contribution in [3.05, 3.63) is 29.3 Å². The molecule has 0 aliphatic carbocycles. The Kier molecular flexibility index (Phi) is 6.95. The Morgan fingerprint density at radius 1 is 1.07 bits per heavy atom. The Labute approximate surface area is 173 Å². The quantitative estimate of drug-likeness (QED) is 0.681. The van der Waals surface area contributed by atoms with Gasteiger partial charge in [0, 0.05) is 25.7 Å². The van der Waals surface area contributed by atoms with E-state index in [2.05, 4.69) is 0 Å². The summed E-state index contributed by atoms with van der Waals surface area (Å²) in [5, 5.41) is 0. The van der Waals surface area contributed by atoms with Gasteiger partial charge in [0.25, 0.3) is 5.91 Å². The van der Waals surface area contributed by atoms with Crippen molar-refractivity contribution in [3.8, 4) is 0 Å². The molecule has 160 valence electrons. The third-order valence-corrected chi connectivity index (χ3v) is 7.85. The highest BCUT2D eigenvalue weighted by Gasteiger charge is 2.29. The van der Waals surface area contributed by atoms with Gasteiger partial charge < -0.3 is 9.64 Å². The first-order valence-electron chi connectivity index (χ1n) is 10.4. The van der Waals surface area contributed by atoms with Crippen LogP contribution in [0.3, 0.4) is 0 Å². The Balaban J connectivity index is 1.70. The number of rotatable bonds is 5. The topological polar surface area (TPSA) is 84.0 Å². The van der Waals surface area contributed by atoms with Gasteiger partial charge in [-0.25, -0.2) is 13.2 Å². The summed E-state index contributed by atoms with van der Waals surface area (Å²) < 4.78 is 32.7. The average Bonchev–Trinajstić information content (AvgIpc) is 2.73. The van der Waals surface area contributed by atoms with Crippen LogP contribution in [-0.4, -0.2) is 61.8 Å². The number of amides is 1. The molecular weight excluding hydrogens is 392 g/mol. The molecule has 2 heterocycles. The first-order valence-corrected chi connectivity index (χ1v) is 11.8. The fourth-order valence-electron chi connectivity index (χ4n) is 4.01. The lowest BCUT2D eigenvalue weighted by Crippen LogP contribution is -2.44. The van der Waals surface area contributed by atoms with E-state index < -0.39 is 16.0 Å². The molecule has 2 fully saturated rings. The zero-order valence-corrected chi connectivity index (χ0v) is 18.0. The van der Waals surface area contributed by atoms with Crippen molar-refractivity contribution in [2.75, 3.05) is 26.2 Å². The number of piperidine rings is 2. The molecule has 1 aromatic rings. The molecule has 0 aromatic heterocycles. The maximum absolute atomic E-state index is 13.0. The lowest BCUT2D eigenvalue weighted by Gasteiger charge is -2.33. The van der Waals surface area contributed by atoms with E-state index >= 15 is 0 Å². The van der Waals surface area contributed by atoms with Crippen LogP contribution in [0.15, 0.2) is 23.1 Å². The lowest BCUT2D eigenvalue weighted by molar-refractivity contribution is -0.137. The van der Waals surface area contributed by atoms with Gasteiger partial charge in [-0.05, 0) is 63.6 Å². The Morgan fingerprint density at radius 2 is 1.76 bits per heavy atom. The van der Waals surface area contributed by atoms with Crippen molar-refractivity contribution in [2.45, 2.75) is 63.3 Å². The molecule has 0 radical (unpaired) electrons. The zero-order valence-electron chi connectivity index (χ0n) is 17.2. The second-order valence-corrected chi connectivity index (χ2v) is 9.86. The van der Waals surface area contributed by atoms with E-state index in [1.165, 1.54) is 10.4 Å². The molecule has 0 unspecified atom stereocenters. The van der Waals surface area contributed by atoms with Crippen LogP contribution < -0.4 is 0 Å². The van der Waals surface area contributed by atoms with Gasteiger partial charge in [-0.3, -0.25) is 4.79 Å². The smallest absolute Gasteiger partial charge is 0.338 e. The number of nitrogens with zero attached hydrogens (tertiary/aromatic N) is 2. The van der Waals surface area contributed by atoms with Gasteiger partial charge in [-0.1, -0.05) is 12.5 Å². The fourth-order valence-corrected chi connectivity index (χ4v) is 5.78. The minimum Gasteiger partial charge on any atom is -0.452 e. The van der Waals surface area contributed by atoms with Gasteiger partial charge in [-0.15, -0.1) is 0 Å². The number of sulfonamides is 1. The van der Waals surface area contributed by atoms with Gasteiger partial charge in [0.15, 0.2) is 6.61 Å². The summed E-state index contributed by atoms with van der Waals surface area (Å²) in [4.78, 5) is 26.7. The highest BCUT2D eigenvalue weighted by atomic mass is 32.2. The van der Waals surface area contributed by atoms with Crippen LogP contribution in [0.2, 0.25) is 0 Å². The van der Waals surface area contributed by atoms with E-state index in [0.717, 1.165) is 38.5 Å². The van der Waals surface area contributed by atoms with Crippen LogP contribution >= 0.6 is 0 Å². The van der Waals surface area contributed by atoms with Crippen LogP contribution in [0.4, 0.5) is 0 Å². The second-order valence-electron chi connectivity index (χ2n) is 7.95. The number of hydrogen-bond acceptors (Lipinski definition) is 5. The van der Waals surface area contributed by atoms with Crippen molar-refractivity contribution in [1.29, 1.82) is 0 Å². The summed E-state index contributed by atoms with van der Waals surface area (Å²) in [6.07, 6.45) is 5.73. The number of aryl methyl sites for hydroxylation is 1. The predicted molar refractivity (Wildman–Crippen MR) is 109 cm³/mol. The number of carbonyl (C=O) groups is 2. The van der Waals surface area contributed by atoms with E-state index in [0.29, 0.717) is 25.2 Å². The van der Waals surface area contributed by atoms with Crippen LogP contribution in [0, 0.1) is 6.92 Å². The molecular formula is C21H30N2O5S. The maximum Gasteiger partial charge on any atom is 0.338 e. The van der Waals surface area contributed by atoms with Crippen molar-refractivity contribution < 1.29 is 22.7 Å². The number of esters is 1. The molecule has 0 bridgehead atoms. The van der Waals surface area contributed by atoms with Crippen LogP contribution in [0.25, 0.3) is 0 Å². The molecule has 3 rings (SSSR count). The average molecular weight is 423 g/mol. The molecule has 0 saturated carbocycles. The zero-order chi connectivity index (χ0) is 21.0. The number of ether oxygens (including phenoxy) is 1.